The Balaban J connectivity index is 1.47. The summed E-state index contributed by atoms with van der Waals surface area (Å²) in [5.41, 5.74) is 2.81. The van der Waals surface area contributed by atoms with E-state index >= 15 is 0 Å². The van der Waals surface area contributed by atoms with Gasteiger partial charge in [0.05, 0.1) is 11.6 Å². The summed E-state index contributed by atoms with van der Waals surface area (Å²) in [6.45, 7) is 1.94. The molecule has 0 fully saturated rings. The first kappa shape index (κ1) is 19.7. The van der Waals surface area contributed by atoms with Crippen LogP contribution in [0.4, 0.5) is 15.2 Å². The van der Waals surface area contributed by atoms with Crippen molar-refractivity contribution in [1.29, 1.82) is 0 Å². The molecule has 0 saturated carbocycles. The standard InChI is InChI=1S/C21H17BrFN3O2S/c1-11-10-13(22)4-8-16(11)24-20(28)15-7-9-17-18(15)25-21(29-17)26-19(27)12-2-5-14(23)6-3-12/h2-6,8,10,15H,7,9H2,1H3,(H,24,28)(H,25,26,27). The van der Waals surface area contributed by atoms with Crippen LogP contribution in [0.1, 0.15) is 38.8 Å². The number of nitrogens with one attached hydrogen (secondary N) is 2. The second kappa shape index (κ2) is 8.04. The fraction of sp³-hybridized carbons (Fsp3) is 0.190. The molecule has 0 aliphatic heterocycles. The molecule has 2 amide bonds. The van der Waals surface area contributed by atoms with E-state index in [1.807, 2.05) is 25.1 Å². The first-order chi connectivity index (χ1) is 13.9. The summed E-state index contributed by atoms with van der Waals surface area (Å²) in [6.07, 6.45) is 1.44. The molecule has 0 bridgehead atoms. The molecule has 1 aromatic heterocycles. The maximum absolute atomic E-state index is 13.0. The summed E-state index contributed by atoms with van der Waals surface area (Å²) in [4.78, 5) is 30.6. The number of anilines is 2. The zero-order valence-corrected chi connectivity index (χ0v) is 17.9. The second-order valence-corrected chi connectivity index (χ2v) is 8.83. The minimum absolute atomic E-state index is 0.101. The molecule has 0 radical (unpaired) electrons. The molecule has 1 unspecified atom stereocenters. The van der Waals surface area contributed by atoms with Crippen molar-refractivity contribution in [2.45, 2.75) is 25.7 Å². The van der Waals surface area contributed by atoms with E-state index in [1.165, 1.54) is 35.6 Å². The van der Waals surface area contributed by atoms with Crippen LogP contribution in [0, 0.1) is 12.7 Å². The lowest BCUT2D eigenvalue weighted by atomic mass is 10.1. The van der Waals surface area contributed by atoms with Crippen LogP contribution in [0.25, 0.3) is 0 Å². The molecule has 3 aromatic rings. The lowest BCUT2D eigenvalue weighted by Crippen LogP contribution is -2.20. The minimum atomic E-state index is -0.398. The SMILES string of the molecule is Cc1cc(Br)ccc1NC(=O)C1CCc2sc(NC(=O)c3ccc(F)cc3)nc21. The van der Waals surface area contributed by atoms with Crippen LogP contribution in [0.3, 0.4) is 0 Å². The van der Waals surface area contributed by atoms with Gasteiger partial charge >= 0.3 is 0 Å². The van der Waals surface area contributed by atoms with E-state index in [4.69, 9.17) is 0 Å². The number of aromatic nitrogens is 1. The number of fused-ring (bicyclic) bond motifs is 1. The number of carbonyl (C=O) groups excluding carboxylic acids is 2. The van der Waals surface area contributed by atoms with E-state index in [2.05, 4.69) is 31.5 Å². The van der Waals surface area contributed by atoms with Crippen LogP contribution in [0.5, 0.6) is 0 Å². The number of amides is 2. The van der Waals surface area contributed by atoms with Crippen molar-refractivity contribution in [2.24, 2.45) is 0 Å². The Morgan fingerprint density at radius 1 is 1.17 bits per heavy atom. The van der Waals surface area contributed by atoms with Crippen molar-refractivity contribution in [1.82, 2.24) is 4.98 Å². The zero-order valence-electron chi connectivity index (χ0n) is 15.5. The first-order valence-electron chi connectivity index (χ1n) is 9.04. The third kappa shape index (κ3) is 4.23. The van der Waals surface area contributed by atoms with Gasteiger partial charge in [0.2, 0.25) is 5.91 Å². The van der Waals surface area contributed by atoms with Gasteiger partial charge in [-0.25, -0.2) is 9.37 Å². The average Bonchev–Trinajstić information content (AvgIpc) is 3.24. The number of hydrogen-bond donors (Lipinski definition) is 2. The zero-order chi connectivity index (χ0) is 20.5. The molecule has 1 aliphatic rings. The van der Waals surface area contributed by atoms with E-state index in [0.717, 1.165) is 32.7 Å². The fourth-order valence-electron chi connectivity index (χ4n) is 3.29. The van der Waals surface area contributed by atoms with Gasteiger partial charge in [-0.3, -0.25) is 14.9 Å². The molecule has 29 heavy (non-hydrogen) atoms. The Hall–Kier alpha value is -2.58. The number of carbonyl (C=O) groups is 2. The number of nitrogens with zero attached hydrogens (tertiary/aromatic N) is 1. The van der Waals surface area contributed by atoms with Crippen LogP contribution in [0.2, 0.25) is 0 Å². The molecule has 5 nitrogen and oxygen atoms in total. The van der Waals surface area contributed by atoms with Gasteiger partial charge in [-0.2, -0.15) is 0 Å². The molecule has 1 aliphatic carbocycles. The second-order valence-electron chi connectivity index (χ2n) is 6.83. The number of benzene rings is 2. The molecule has 2 aromatic carbocycles. The third-order valence-electron chi connectivity index (χ3n) is 4.81. The van der Waals surface area contributed by atoms with Crippen LogP contribution >= 0.6 is 27.3 Å². The molecule has 8 heteroatoms. The Bertz CT molecular complexity index is 1100. The van der Waals surface area contributed by atoms with E-state index in [-0.39, 0.29) is 17.7 Å². The summed E-state index contributed by atoms with van der Waals surface area (Å²) in [7, 11) is 0. The maximum atomic E-state index is 13.0. The van der Waals surface area contributed by atoms with Gasteiger partial charge in [-0.15, -0.1) is 11.3 Å². The van der Waals surface area contributed by atoms with Crippen molar-refractivity contribution in [3.63, 3.8) is 0 Å². The molecular formula is C21H17BrFN3O2S. The monoisotopic (exact) mass is 473 g/mol. The largest absolute Gasteiger partial charge is 0.325 e. The van der Waals surface area contributed by atoms with Crippen LogP contribution < -0.4 is 10.6 Å². The number of rotatable bonds is 4. The lowest BCUT2D eigenvalue weighted by Gasteiger charge is -2.13. The molecular weight excluding hydrogens is 457 g/mol. The van der Waals surface area contributed by atoms with Gasteiger partial charge in [0.15, 0.2) is 5.13 Å². The van der Waals surface area contributed by atoms with Crippen molar-refractivity contribution < 1.29 is 14.0 Å². The number of hydrogen-bond acceptors (Lipinski definition) is 4. The van der Waals surface area contributed by atoms with Crippen molar-refractivity contribution in [2.75, 3.05) is 10.6 Å². The number of halogens is 2. The summed E-state index contributed by atoms with van der Waals surface area (Å²) in [5, 5.41) is 6.17. The van der Waals surface area contributed by atoms with E-state index in [0.29, 0.717) is 17.1 Å². The summed E-state index contributed by atoms with van der Waals surface area (Å²) in [6, 6.07) is 11.0. The van der Waals surface area contributed by atoms with Crippen LogP contribution in [0.15, 0.2) is 46.9 Å². The molecule has 1 atom stereocenters. The van der Waals surface area contributed by atoms with Gasteiger partial charge in [0, 0.05) is 20.6 Å². The molecule has 0 saturated heterocycles. The highest BCUT2D eigenvalue weighted by Gasteiger charge is 2.33. The molecule has 148 valence electrons. The van der Waals surface area contributed by atoms with Crippen LogP contribution in [-0.2, 0) is 11.2 Å². The van der Waals surface area contributed by atoms with Gasteiger partial charge in [0.25, 0.3) is 5.91 Å². The summed E-state index contributed by atoms with van der Waals surface area (Å²) in [5.74, 6) is -1.20. The number of thiazole rings is 1. The number of aryl methyl sites for hydroxylation is 2. The van der Waals surface area contributed by atoms with E-state index in [9.17, 15) is 14.0 Å². The topological polar surface area (TPSA) is 71.1 Å². The van der Waals surface area contributed by atoms with Gasteiger partial charge in [-0.1, -0.05) is 15.9 Å². The molecule has 0 spiro atoms. The summed E-state index contributed by atoms with van der Waals surface area (Å²) >= 11 is 4.80. The highest BCUT2D eigenvalue weighted by molar-refractivity contribution is 9.10. The van der Waals surface area contributed by atoms with Gasteiger partial charge in [0.1, 0.15) is 5.82 Å². The van der Waals surface area contributed by atoms with Crippen molar-refractivity contribution in [3.8, 4) is 0 Å². The normalized spacial score (nSPS) is 15.1. The first-order valence-corrected chi connectivity index (χ1v) is 10.6. The predicted molar refractivity (Wildman–Crippen MR) is 115 cm³/mol. The average molecular weight is 474 g/mol. The Labute approximate surface area is 179 Å². The highest BCUT2D eigenvalue weighted by Crippen LogP contribution is 2.39. The predicted octanol–water partition coefficient (Wildman–Crippen LogP) is 5.27. The van der Waals surface area contributed by atoms with E-state index in [1.54, 1.807) is 0 Å². The fourth-order valence-corrected chi connectivity index (χ4v) is 4.80. The van der Waals surface area contributed by atoms with Crippen molar-refractivity contribution >= 4 is 49.9 Å². The third-order valence-corrected chi connectivity index (χ3v) is 6.35. The molecule has 4 rings (SSSR count). The van der Waals surface area contributed by atoms with Crippen LogP contribution in [-0.4, -0.2) is 16.8 Å². The Morgan fingerprint density at radius 3 is 2.66 bits per heavy atom. The Kier molecular flexibility index (Phi) is 5.47. The van der Waals surface area contributed by atoms with Gasteiger partial charge in [-0.05, 0) is 67.8 Å². The Morgan fingerprint density at radius 2 is 1.93 bits per heavy atom. The highest BCUT2D eigenvalue weighted by atomic mass is 79.9. The van der Waals surface area contributed by atoms with Crippen molar-refractivity contribution in [3.05, 3.63) is 74.5 Å². The minimum Gasteiger partial charge on any atom is -0.325 e. The molecule has 1 heterocycles. The van der Waals surface area contributed by atoms with Gasteiger partial charge < -0.3 is 5.32 Å². The van der Waals surface area contributed by atoms with E-state index < -0.39 is 5.82 Å². The maximum Gasteiger partial charge on any atom is 0.257 e. The summed E-state index contributed by atoms with van der Waals surface area (Å²) < 4.78 is 14.0. The molecule has 2 N–H and O–H groups in total. The lowest BCUT2D eigenvalue weighted by molar-refractivity contribution is -0.117. The smallest absolute Gasteiger partial charge is 0.257 e. The quantitative estimate of drug-likeness (QED) is 0.541.